The largest absolute Gasteiger partial charge is 0.467 e. The van der Waals surface area contributed by atoms with Crippen LogP contribution in [0.15, 0.2) is 4.63 Å². The van der Waals surface area contributed by atoms with Crippen LogP contribution < -0.4 is 15.0 Å². The molecular formula is C7H9N5O4. The average Bonchev–Trinajstić information content (AvgIpc) is 2.68. The van der Waals surface area contributed by atoms with Gasteiger partial charge in [0.05, 0.1) is 18.9 Å². The van der Waals surface area contributed by atoms with Crippen LogP contribution in [0.1, 0.15) is 0 Å². The molecule has 2 rings (SSSR count). The molecule has 0 unspecified atom stereocenters. The number of methoxy groups -OCH3 is 1. The Morgan fingerprint density at radius 1 is 1.56 bits per heavy atom. The molecule has 0 radical (unpaired) electrons. The first-order valence-electron chi connectivity index (χ1n) is 4.42. The Hall–Kier alpha value is -2.16. The number of nitrogens with zero attached hydrogens (tertiary/aromatic N) is 4. The molecule has 2 N–H and O–H groups in total. The van der Waals surface area contributed by atoms with Crippen molar-refractivity contribution >= 4 is 17.0 Å². The Balaban J connectivity index is 2.52. The molecule has 2 aromatic rings. The lowest BCUT2D eigenvalue weighted by molar-refractivity contribution is -0.782. The highest BCUT2D eigenvalue weighted by atomic mass is 16.8. The number of nitrogens with one attached hydrogen (secondary N) is 1. The summed E-state index contributed by atoms with van der Waals surface area (Å²) in [6, 6.07) is 0.0573. The summed E-state index contributed by atoms with van der Waals surface area (Å²) >= 11 is 0. The molecule has 16 heavy (non-hydrogen) atoms. The zero-order valence-electron chi connectivity index (χ0n) is 8.38. The number of ether oxygens (including phenoxy) is 1. The number of anilines is 1. The third-order valence-electron chi connectivity index (χ3n) is 1.82. The van der Waals surface area contributed by atoms with Gasteiger partial charge in [-0.2, -0.15) is 4.98 Å². The van der Waals surface area contributed by atoms with E-state index in [2.05, 4.69) is 25.1 Å². The Morgan fingerprint density at radius 3 is 3.06 bits per heavy atom. The summed E-state index contributed by atoms with van der Waals surface area (Å²) < 4.78 is 9.22. The maximum absolute atomic E-state index is 11.2. The minimum atomic E-state index is -0.0993. The molecule has 0 saturated carbocycles. The highest BCUT2D eigenvalue weighted by molar-refractivity contribution is 5.78. The first-order chi connectivity index (χ1) is 7.76. The molecule has 0 saturated heterocycles. The van der Waals surface area contributed by atoms with Crippen LogP contribution in [0.2, 0.25) is 0 Å². The quantitative estimate of drug-likeness (QED) is 0.616. The Morgan fingerprint density at radius 2 is 2.38 bits per heavy atom. The van der Waals surface area contributed by atoms with Crippen molar-refractivity contribution in [2.45, 2.75) is 0 Å². The second kappa shape index (κ2) is 4.14. The lowest BCUT2D eigenvalue weighted by atomic mass is 10.5. The van der Waals surface area contributed by atoms with Crippen LogP contribution in [0, 0.1) is 5.21 Å². The first kappa shape index (κ1) is 10.4. The van der Waals surface area contributed by atoms with Crippen LogP contribution in [0.4, 0.5) is 5.82 Å². The number of aliphatic hydroxyl groups excluding tert-OH is 1. The normalized spacial score (nSPS) is 10.6. The Labute approximate surface area is 89.2 Å². The lowest BCUT2D eigenvalue weighted by Gasteiger charge is -2.03. The summed E-state index contributed by atoms with van der Waals surface area (Å²) in [5.41, 5.74) is 0.150. The Bertz CT molecular complexity index is 499. The predicted molar refractivity (Wildman–Crippen MR) is 50.7 cm³/mol. The van der Waals surface area contributed by atoms with Gasteiger partial charge in [-0.05, 0) is 4.90 Å². The van der Waals surface area contributed by atoms with Crippen LogP contribution in [-0.2, 0) is 0 Å². The zero-order valence-corrected chi connectivity index (χ0v) is 8.38. The van der Waals surface area contributed by atoms with E-state index in [1.807, 2.05) is 0 Å². The van der Waals surface area contributed by atoms with E-state index in [9.17, 15) is 5.21 Å². The van der Waals surface area contributed by atoms with Crippen LogP contribution in [0.25, 0.3) is 11.2 Å². The van der Waals surface area contributed by atoms with Crippen molar-refractivity contribution in [2.24, 2.45) is 0 Å². The van der Waals surface area contributed by atoms with Gasteiger partial charge in [-0.25, -0.2) is 0 Å². The number of hydrogen-bond donors (Lipinski definition) is 2. The fourth-order valence-corrected chi connectivity index (χ4v) is 1.16. The van der Waals surface area contributed by atoms with E-state index in [0.29, 0.717) is 0 Å². The summed E-state index contributed by atoms with van der Waals surface area (Å²) in [4.78, 5) is 7.92. The van der Waals surface area contributed by atoms with E-state index < -0.39 is 0 Å². The number of aliphatic hydroxyl groups is 1. The average molecular weight is 227 g/mol. The monoisotopic (exact) mass is 227 g/mol. The van der Waals surface area contributed by atoms with Gasteiger partial charge in [-0.15, -0.1) is 4.98 Å². The topological polar surface area (TPSA) is 120 Å². The van der Waals surface area contributed by atoms with Crippen molar-refractivity contribution in [1.29, 1.82) is 0 Å². The molecular weight excluding hydrogens is 218 g/mol. The summed E-state index contributed by atoms with van der Waals surface area (Å²) in [6.45, 7) is 0.137. The molecule has 0 fully saturated rings. The van der Waals surface area contributed by atoms with E-state index in [1.165, 1.54) is 7.11 Å². The zero-order chi connectivity index (χ0) is 11.5. The second-order valence-electron chi connectivity index (χ2n) is 2.81. The highest BCUT2D eigenvalue weighted by Crippen LogP contribution is 2.17. The number of hydrogen-bond acceptors (Lipinski definition) is 8. The van der Waals surface area contributed by atoms with Gasteiger partial charge in [0, 0.05) is 6.54 Å². The van der Waals surface area contributed by atoms with Crippen LogP contribution >= 0.6 is 0 Å². The maximum Gasteiger partial charge on any atom is 0.349 e. The van der Waals surface area contributed by atoms with Crippen molar-refractivity contribution in [3.63, 3.8) is 0 Å². The third-order valence-corrected chi connectivity index (χ3v) is 1.82. The molecule has 2 heterocycles. The molecule has 9 nitrogen and oxygen atoms in total. The van der Waals surface area contributed by atoms with Crippen molar-refractivity contribution in [3.05, 3.63) is 5.21 Å². The van der Waals surface area contributed by atoms with E-state index >= 15 is 0 Å². The molecule has 0 spiro atoms. The lowest BCUT2D eigenvalue weighted by Crippen LogP contribution is -2.25. The number of fused-ring (bicyclic) bond motifs is 1. The van der Waals surface area contributed by atoms with Crippen molar-refractivity contribution in [2.75, 3.05) is 25.6 Å². The minimum absolute atomic E-state index is 0.0573. The van der Waals surface area contributed by atoms with E-state index in [4.69, 9.17) is 9.84 Å². The van der Waals surface area contributed by atoms with Crippen LogP contribution in [0.3, 0.4) is 0 Å². The van der Waals surface area contributed by atoms with Gasteiger partial charge in [0.15, 0.2) is 5.82 Å². The van der Waals surface area contributed by atoms with E-state index in [0.717, 1.165) is 0 Å². The predicted octanol–water partition coefficient (Wildman–Crippen LogP) is -1.34. The van der Waals surface area contributed by atoms with Gasteiger partial charge < -0.3 is 20.4 Å². The van der Waals surface area contributed by atoms with Gasteiger partial charge in [0.25, 0.3) is 5.52 Å². The number of rotatable bonds is 4. The van der Waals surface area contributed by atoms with Crippen LogP contribution in [-0.4, -0.2) is 40.5 Å². The molecule has 0 amide bonds. The molecule has 0 bridgehead atoms. The standard InChI is InChI=1S/C7H9N5O4/c1-15-7-9-5(8-2-3-13)4-6(10-7)11-16-12(4)14/h13H,2-3H2,1H3,(H,8,9,10,11). The van der Waals surface area contributed by atoms with Gasteiger partial charge in [-0.1, -0.05) is 0 Å². The van der Waals surface area contributed by atoms with E-state index in [-0.39, 0.29) is 41.0 Å². The summed E-state index contributed by atoms with van der Waals surface area (Å²) in [7, 11) is 1.39. The smallest absolute Gasteiger partial charge is 0.349 e. The molecule has 9 heteroatoms. The van der Waals surface area contributed by atoms with Gasteiger partial charge in [0.1, 0.15) is 0 Å². The summed E-state index contributed by atoms with van der Waals surface area (Å²) in [6.07, 6.45) is 0. The second-order valence-corrected chi connectivity index (χ2v) is 2.81. The van der Waals surface area contributed by atoms with Crippen molar-refractivity contribution in [1.82, 2.24) is 15.1 Å². The third kappa shape index (κ3) is 1.67. The molecule has 0 atom stereocenters. The van der Waals surface area contributed by atoms with Crippen LogP contribution in [0.5, 0.6) is 6.01 Å². The first-order valence-corrected chi connectivity index (χ1v) is 4.42. The SMILES string of the molecule is COc1nc(NCCO)c2c(no[n+]2[O-])n1. The molecule has 0 aliphatic heterocycles. The Kier molecular flexibility index (Phi) is 2.68. The van der Waals surface area contributed by atoms with Gasteiger partial charge in [0.2, 0.25) is 0 Å². The van der Waals surface area contributed by atoms with E-state index in [1.54, 1.807) is 0 Å². The van der Waals surface area contributed by atoms with Crippen molar-refractivity contribution in [3.8, 4) is 6.01 Å². The summed E-state index contributed by atoms with van der Waals surface area (Å²) in [5, 5.41) is 26.1. The molecule has 2 aromatic heterocycles. The molecule has 0 aliphatic carbocycles. The van der Waals surface area contributed by atoms with Gasteiger partial charge in [-0.3, -0.25) is 4.63 Å². The fourth-order valence-electron chi connectivity index (χ4n) is 1.16. The summed E-state index contributed by atoms with van der Waals surface area (Å²) in [5.74, 6) is 0.201. The fraction of sp³-hybridized carbons (Fsp3) is 0.429. The minimum Gasteiger partial charge on any atom is -0.467 e. The number of aromatic nitrogens is 4. The van der Waals surface area contributed by atoms with Crippen molar-refractivity contribution < 1.29 is 19.4 Å². The van der Waals surface area contributed by atoms with Gasteiger partial charge >= 0.3 is 11.7 Å². The molecule has 86 valence electrons. The molecule has 0 aliphatic rings. The highest BCUT2D eigenvalue weighted by Gasteiger charge is 2.19. The maximum atomic E-state index is 11.2. The molecule has 0 aromatic carbocycles.